The van der Waals surface area contributed by atoms with Gasteiger partial charge in [-0.25, -0.2) is 13.8 Å². The van der Waals surface area contributed by atoms with Crippen LogP contribution in [-0.4, -0.2) is 61.7 Å². The number of hydrogen-bond donors (Lipinski definition) is 1. The zero-order valence-electron chi connectivity index (χ0n) is 26.9. The highest BCUT2D eigenvalue weighted by Gasteiger charge is 2.19. The topological polar surface area (TPSA) is 115 Å². The van der Waals surface area contributed by atoms with Crippen LogP contribution in [0, 0.1) is 5.82 Å². The summed E-state index contributed by atoms with van der Waals surface area (Å²) in [6, 6.07) is 20.2. The molecule has 2 N–H and O–H groups in total. The highest BCUT2D eigenvalue weighted by atomic mass is 19.1. The first-order chi connectivity index (χ1) is 23.8. The van der Waals surface area contributed by atoms with E-state index in [0.29, 0.717) is 60.4 Å². The number of halogens is 2. The number of alkyl halides is 1. The molecule has 6 rings (SSSR count). The van der Waals surface area contributed by atoms with Crippen molar-refractivity contribution in [1.82, 2.24) is 9.55 Å². The van der Waals surface area contributed by atoms with Crippen molar-refractivity contribution >= 4 is 11.6 Å². The number of ether oxygens (including phenoxy) is 4. The second kappa shape index (κ2) is 15.2. The number of aromatic nitrogens is 2. The summed E-state index contributed by atoms with van der Waals surface area (Å²) in [6.07, 6.45) is 4.34. The summed E-state index contributed by atoms with van der Waals surface area (Å²) in [6.45, 7) is 1.22. The van der Waals surface area contributed by atoms with E-state index in [1.165, 1.54) is 41.2 Å². The molecule has 0 unspecified atom stereocenters. The van der Waals surface area contributed by atoms with Crippen molar-refractivity contribution in [1.29, 1.82) is 0 Å². The number of pyridine rings is 2. The van der Waals surface area contributed by atoms with Crippen LogP contribution in [0.2, 0.25) is 0 Å². The number of anilines is 1. The summed E-state index contributed by atoms with van der Waals surface area (Å²) in [4.78, 5) is 31.2. The number of rotatable bonds is 12. The minimum Gasteiger partial charge on any atom is -0.493 e. The molecule has 1 aliphatic heterocycles. The fourth-order valence-corrected chi connectivity index (χ4v) is 5.62. The van der Waals surface area contributed by atoms with Crippen LogP contribution in [-0.2, 0) is 22.4 Å². The van der Waals surface area contributed by atoms with Crippen LogP contribution in [0.1, 0.15) is 15.9 Å². The monoisotopic (exact) mass is 667 g/mol. The molecule has 252 valence electrons. The highest BCUT2D eigenvalue weighted by Crippen LogP contribution is 2.35. The fourth-order valence-electron chi connectivity index (χ4n) is 5.62. The third-order valence-corrected chi connectivity index (χ3v) is 8.23. The van der Waals surface area contributed by atoms with Gasteiger partial charge in [0.2, 0.25) is 0 Å². The van der Waals surface area contributed by atoms with Gasteiger partial charge >= 0.3 is 0 Å². The van der Waals surface area contributed by atoms with E-state index in [9.17, 15) is 18.4 Å². The molecule has 0 bridgehead atoms. The zero-order chi connectivity index (χ0) is 34.3. The van der Waals surface area contributed by atoms with Crippen molar-refractivity contribution in [2.75, 3.05) is 45.9 Å². The fraction of sp³-hybridized carbons (Fsp3) is 0.237. The van der Waals surface area contributed by atoms with Crippen molar-refractivity contribution in [2.24, 2.45) is 0 Å². The highest BCUT2D eigenvalue weighted by molar-refractivity contribution is 5.98. The number of aryl methyl sites for hydroxylation is 1. The molecular formula is C38H35F2N3O6. The van der Waals surface area contributed by atoms with Crippen molar-refractivity contribution in [2.45, 2.75) is 19.1 Å². The molecule has 11 heteroatoms. The number of carbonyl (C=O) groups excluding carboxylic acids is 1. The Morgan fingerprint density at radius 3 is 2.39 bits per heavy atom. The van der Waals surface area contributed by atoms with E-state index in [4.69, 9.17) is 24.7 Å². The lowest BCUT2D eigenvalue weighted by atomic mass is 9.97. The first-order valence-electron chi connectivity index (χ1n) is 15.8. The molecule has 1 atom stereocenters. The number of carbonyl (C=O) groups is 1. The van der Waals surface area contributed by atoms with Gasteiger partial charge in [-0.05, 0) is 52.6 Å². The second-order valence-electron chi connectivity index (χ2n) is 11.5. The van der Waals surface area contributed by atoms with E-state index in [1.807, 2.05) is 36.4 Å². The Kier molecular flexibility index (Phi) is 10.4. The van der Waals surface area contributed by atoms with Gasteiger partial charge in [-0.2, -0.15) is 0 Å². The van der Waals surface area contributed by atoms with Gasteiger partial charge in [0.1, 0.15) is 31.0 Å². The molecule has 9 nitrogen and oxygen atoms in total. The Morgan fingerprint density at radius 1 is 0.939 bits per heavy atom. The lowest BCUT2D eigenvalue weighted by molar-refractivity contribution is -0.101. The number of hydrogen-bond acceptors (Lipinski definition) is 8. The van der Waals surface area contributed by atoms with Gasteiger partial charge < -0.3 is 29.2 Å². The van der Waals surface area contributed by atoms with Gasteiger partial charge in [-0.1, -0.05) is 42.5 Å². The van der Waals surface area contributed by atoms with Crippen molar-refractivity contribution < 1.29 is 32.5 Å². The Hall–Kier alpha value is -5.39. The molecular weight excluding hydrogens is 632 g/mol. The minimum absolute atomic E-state index is 0.0334. The number of nitrogen functional groups attached to an aromatic ring is 1. The summed E-state index contributed by atoms with van der Waals surface area (Å²) in [5.41, 5.74) is 10.2. The maximum absolute atomic E-state index is 13.5. The first-order valence-corrected chi connectivity index (χ1v) is 15.8. The molecule has 0 radical (unpaired) electrons. The summed E-state index contributed by atoms with van der Waals surface area (Å²) in [5.74, 6) is 0.600. The zero-order valence-corrected chi connectivity index (χ0v) is 26.9. The molecule has 0 spiro atoms. The number of benzene rings is 3. The molecule has 1 saturated heterocycles. The van der Waals surface area contributed by atoms with E-state index in [1.54, 1.807) is 25.4 Å². The Bertz CT molecular complexity index is 1990. The Labute approximate surface area is 281 Å². The van der Waals surface area contributed by atoms with Crippen molar-refractivity contribution in [3.05, 3.63) is 119 Å². The molecule has 5 aromatic rings. The maximum Gasteiger partial charge on any atom is 0.200 e. The van der Waals surface area contributed by atoms with Gasteiger partial charge in [0.05, 0.1) is 39.0 Å². The number of nitrogens with zero attached hydrogens (tertiary/aromatic N) is 2. The molecule has 49 heavy (non-hydrogen) atoms. The molecule has 1 fully saturated rings. The average Bonchev–Trinajstić information content (AvgIpc) is 3.13. The van der Waals surface area contributed by atoms with Crippen LogP contribution in [0.25, 0.3) is 33.4 Å². The van der Waals surface area contributed by atoms with Crippen LogP contribution >= 0.6 is 0 Å². The van der Waals surface area contributed by atoms with Gasteiger partial charge in [0.25, 0.3) is 0 Å². The smallest absolute Gasteiger partial charge is 0.200 e. The third-order valence-electron chi connectivity index (χ3n) is 8.23. The number of methoxy groups -OCH3 is 1. The minimum atomic E-state index is -0.681. The molecule has 3 aromatic carbocycles. The van der Waals surface area contributed by atoms with Crippen LogP contribution in [0.3, 0.4) is 0 Å². The number of Topliss-reactive ketones (excluding diaryl/α,β-unsaturated/α-hetero) is 1. The SMILES string of the molecule is COc1cc(-c2cnc(N)c(-c3ccc(CC(=O)c4cn(CCF)cc(-c5ccc(F)cc5)c4=O)cc3)c2)ccc1OC[C@H]1COCCO1. The normalized spacial score (nSPS) is 14.4. The predicted molar refractivity (Wildman–Crippen MR) is 182 cm³/mol. The number of nitrogens with two attached hydrogens (primary N) is 1. The largest absolute Gasteiger partial charge is 0.493 e. The van der Waals surface area contributed by atoms with Gasteiger partial charge in [-0.15, -0.1) is 0 Å². The van der Waals surface area contributed by atoms with Gasteiger partial charge in [0.15, 0.2) is 22.7 Å². The van der Waals surface area contributed by atoms with Gasteiger partial charge in [0, 0.05) is 41.7 Å². The molecule has 3 heterocycles. The van der Waals surface area contributed by atoms with Crippen LogP contribution < -0.4 is 20.6 Å². The van der Waals surface area contributed by atoms with E-state index < -0.39 is 23.7 Å². The summed E-state index contributed by atoms with van der Waals surface area (Å²) >= 11 is 0. The Morgan fingerprint density at radius 2 is 1.67 bits per heavy atom. The second-order valence-corrected chi connectivity index (χ2v) is 11.5. The molecule has 0 aliphatic carbocycles. The van der Waals surface area contributed by atoms with Crippen LogP contribution in [0.15, 0.2) is 96.2 Å². The van der Waals surface area contributed by atoms with E-state index >= 15 is 0 Å². The van der Waals surface area contributed by atoms with Crippen molar-refractivity contribution in [3.8, 4) is 44.9 Å². The number of ketones is 1. The standard InChI is InChI=1S/C38H35F2N3O6/c1-46-36-18-27(8-11-35(36)49-23-30-22-47-14-15-48-30)28-17-31(38(41)42-19-28)25-4-2-24(3-5-25)16-34(44)33-21-43(13-12-39)20-32(37(33)45)26-6-9-29(40)10-7-26/h2-11,17-21,30H,12-16,22-23H2,1H3,(H2,41,42)/t30-/m1/s1. The molecule has 0 amide bonds. The van der Waals surface area contributed by atoms with Gasteiger partial charge in [-0.3, -0.25) is 9.59 Å². The average molecular weight is 668 g/mol. The first kappa shape index (κ1) is 33.5. The van der Waals surface area contributed by atoms with Crippen molar-refractivity contribution in [3.63, 3.8) is 0 Å². The lowest BCUT2D eigenvalue weighted by Crippen LogP contribution is -2.33. The Balaban J connectivity index is 1.20. The van der Waals surface area contributed by atoms with E-state index in [-0.39, 0.29) is 30.2 Å². The lowest BCUT2D eigenvalue weighted by Gasteiger charge is -2.23. The maximum atomic E-state index is 13.5. The molecule has 2 aromatic heterocycles. The summed E-state index contributed by atoms with van der Waals surface area (Å²) in [5, 5.41) is 0. The summed E-state index contributed by atoms with van der Waals surface area (Å²) < 4.78 is 50.9. The molecule has 0 saturated carbocycles. The quantitative estimate of drug-likeness (QED) is 0.157. The third kappa shape index (κ3) is 7.85. The van der Waals surface area contributed by atoms with Crippen LogP contribution in [0.4, 0.5) is 14.6 Å². The predicted octanol–water partition coefficient (Wildman–Crippen LogP) is 6.16. The summed E-state index contributed by atoms with van der Waals surface area (Å²) in [7, 11) is 1.58. The van der Waals surface area contributed by atoms with E-state index in [2.05, 4.69) is 4.98 Å². The van der Waals surface area contributed by atoms with Crippen LogP contribution in [0.5, 0.6) is 11.5 Å². The molecule has 1 aliphatic rings. The van der Waals surface area contributed by atoms with E-state index in [0.717, 1.165) is 16.7 Å².